The first kappa shape index (κ1) is 17.8. The molecule has 0 saturated heterocycles. The highest BCUT2D eigenvalue weighted by Gasteiger charge is 2.35. The van der Waals surface area contributed by atoms with Crippen LogP contribution in [0, 0.1) is 5.41 Å². The van der Waals surface area contributed by atoms with E-state index >= 15 is 0 Å². The van der Waals surface area contributed by atoms with Gasteiger partial charge in [-0.1, -0.05) is 18.5 Å². The molecule has 2 aromatic rings. The number of aromatic nitrogens is 1. The minimum atomic E-state index is -0.421. The lowest BCUT2D eigenvalue weighted by atomic mass is 10.1. The second-order valence-corrected chi connectivity index (χ2v) is 7.52. The lowest BCUT2D eigenvalue weighted by Gasteiger charge is -2.20. The highest BCUT2D eigenvalue weighted by molar-refractivity contribution is 8.26. The molecule has 27 heavy (non-hydrogen) atoms. The number of rotatable bonds is 4. The van der Waals surface area contributed by atoms with Gasteiger partial charge in [0.05, 0.1) is 5.57 Å². The Labute approximate surface area is 165 Å². The van der Waals surface area contributed by atoms with Crippen LogP contribution >= 0.6 is 23.4 Å². The monoisotopic (exact) mass is 397 g/mol. The van der Waals surface area contributed by atoms with Crippen LogP contribution in [0.15, 0.2) is 58.3 Å². The molecule has 136 valence electrons. The van der Waals surface area contributed by atoms with Crippen molar-refractivity contribution >= 4 is 51.4 Å². The van der Waals surface area contributed by atoms with Crippen molar-refractivity contribution in [3.05, 3.63) is 58.9 Å². The van der Waals surface area contributed by atoms with E-state index in [0.717, 1.165) is 29.3 Å². The van der Waals surface area contributed by atoms with Crippen LogP contribution in [0.25, 0.3) is 11.8 Å². The SMILES string of the molecule is CCCC1=NN2C(=N)/C(=C/c3cccn3-c3ccc(Cl)cc3)C(=O)N=C2S1. The summed E-state index contributed by atoms with van der Waals surface area (Å²) in [5.41, 5.74) is 1.90. The zero-order chi connectivity index (χ0) is 19.0. The van der Waals surface area contributed by atoms with Crippen LogP contribution in [0.1, 0.15) is 25.5 Å². The van der Waals surface area contributed by atoms with Gasteiger partial charge in [0, 0.05) is 22.6 Å². The number of halogens is 1. The first-order valence-electron chi connectivity index (χ1n) is 8.49. The number of benzene rings is 1. The van der Waals surface area contributed by atoms with Gasteiger partial charge in [-0.05, 0) is 67.1 Å². The molecule has 1 aromatic carbocycles. The molecule has 0 radical (unpaired) electrons. The molecule has 2 aliphatic heterocycles. The highest BCUT2D eigenvalue weighted by Crippen LogP contribution is 2.30. The van der Waals surface area contributed by atoms with E-state index in [-0.39, 0.29) is 11.4 Å². The van der Waals surface area contributed by atoms with Crippen LogP contribution in [-0.4, -0.2) is 31.5 Å². The average Bonchev–Trinajstić information content (AvgIpc) is 3.26. The Morgan fingerprint density at radius 3 is 2.78 bits per heavy atom. The van der Waals surface area contributed by atoms with Crippen molar-refractivity contribution in [3.63, 3.8) is 0 Å². The summed E-state index contributed by atoms with van der Waals surface area (Å²) < 4.78 is 1.92. The molecule has 1 aromatic heterocycles. The van der Waals surface area contributed by atoms with Gasteiger partial charge in [-0.25, -0.2) is 0 Å². The van der Waals surface area contributed by atoms with Gasteiger partial charge in [0.2, 0.25) is 5.17 Å². The molecule has 0 unspecified atom stereocenters. The second kappa shape index (κ2) is 7.17. The Morgan fingerprint density at radius 2 is 2.04 bits per heavy atom. The number of hydrogen-bond donors (Lipinski definition) is 1. The molecule has 3 heterocycles. The van der Waals surface area contributed by atoms with Gasteiger partial charge in [-0.15, -0.1) is 0 Å². The fraction of sp³-hybridized carbons (Fsp3) is 0.158. The number of hydrazone groups is 1. The number of amides is 1. The number of thioether (sulfide) groups is 1. The maximum absolute atomic E-state index is 12.5. The zero-order valence-corrected chi connectivity index (χ0v) is 16.1. The average molecular weight is 398 g/mol. The van der Waals surface area contributed by atoms with E-state index in [2.05, 4.69) is 17.0 Å². The third-order valence-corrected chi connectivity index (χ3v) is 5.36. The second-order valence-electron chi connectivity index (χ2n) is 6.04. The Morgan fingerprint density at radius 1 is 1.26 bits per heavy atom. The van der Waals surface area contributed by atoms with Gasteiger partial charge < -0.3 is 4.57 Å². The van der Waals surface area contributed by atoms with Crippen LogP contribution < -0.4 is 0 Å². The van der Waals surface area contributed by atoms with Crippen molar-refractivity contribution in [2.24, 2.45) is 10.1 Å². The Hall–Kier alpha value is -2.64. The number of nitrogens with zero attached hydrogens (tertiary/aromatic N) is 4. The highest BCUT2D eigenvalue weighted by atomic mass is 35.5. The normalized spacial score (nSPS) is 18.0. The summed E-state index contributed by atoms with van der Waals surface area (Å²) >= 11 is 7.32. The van der Waals surface area contributed by atoms with Gasteiger partial charge in [-0.3, -0.25) is 10.2 Å². The lowest BCUT2D eigenvalue weighted by molar-refractivity contribution is -0.114. The number of carbonyl (C=O) groups excluding carboxylic acids is 1. The van der Waals surface area contributed by atoms with Gasteiger partial charge in [0.25, 0.3) is 5.91 Å². The van der Waals surface area contributed by atoms with Crippen LogP contribution in [-0.2, 0) is 4.79 Å². The molecule has 0 atom stereocenters. The Bertz CT molecular complexity index is 1020. The third kappa shape index (κ3) is 3.36. The van der Waals surface area contributed by atoms with Crippen molar-refractivity contribution in [1.82, 2.24) is 9.58 Å². The van der Waals surface area contributed by atoms with Gasteiger partial charge in [-0.2, -0.15) is 15.1 Å². The number of aliphatic imine (C=N–C) groups is 1. The van der Waals surface area contributed by atoms with Gasteiger partial charge in [0.1, 0.15) is 5.04 Å². The summed E-state index contributed by atoms with van der Waals surface area (Å²) in [7, 11) is 0. The molecule has 1 N–H and O–H groups in total. The van der Waals surface area contributed by atoms with E-state index in [9.17, 15) is 4.79 Å². The lowest BCUT2D eigenvalue weighted by Crippen LogP contribution is -2.35. The molecule has 2 aliphatic rings. The summed E-state index contributed by atoms with van der Waals surface area (Å²) in [6, 6.07) is 11.2. The number of carbonyl (C=O) groups is 1. The van der Waals surface area contributed by atoms with E-state index in [0.29, 0.717) is 10.2 Å². The van der Waals surface area contributed by atoms with E-state index in [1.54, 1.807) is 6.08 Å². The summed E-state index contributed by atoms with van der Waals surface area (Å²) in [5, 5.41) is 16.3. The fourth-order valence-electron chi connectivity index (χ4n) is 2.84. The predicted molar refractivity (Wildman–Crippen MR) is 111 cm³/mol. The minimum absolute atomic E-state index is 0.0486. The molecular weight excluding hydrogens is 382 g/mol. The Kier molecular flexibility index (Phi) is 4.72. The summed E-state index contributed by atoms with van der Waals surface area (Å²) in [6.45, 7) is 2.06. The molecule has 4 rings (SSSR count). The number of amidine groups is 2. The summed E-state index contributed by atoms with van der Waals surface area (Å²) in [4.78, 5) is 16.6. The van der Waals surface area contributed by atoms with Gasteiger partial charge in [0.15, 0.2) is 5.84 Å². The molecule has 0 spiro atoms. The quantitative estimate of drug-likeness (QED) is 0.769. The van der Waals surface area contributed by atoms with Crippen molar-refractivity contribution in [2.75, 3.05) is 0 Å². The van der Waals surface area contributed by atoms with E-state index < -0.39 is 5.91 Å². The van der Waals surface area contributed by atoms with Crippen molar-refractivity contribution in [3.8, 4) is 5.69 Å². The minimum Gasteiger partial charge on any atom is -0.317 e. The van der Waals surface area contributed by atoms with Crippen LogP contribution in [0.3, 0.4) is 0 Å². The summed E-state index contributed by atoms with van der Waals surface area (Å²) in [6.07, 6.45) is 5.33. The van der Waals surface area contributed by atoms with E-state index in [1.807, 2.05) is 47.2 Å². The van der Waals surface area contributed by atoms with Crippen LogP contribution in [0.2, 0.25) is 5.02 Å². The van der Waals surface area contributed by atoms with Crippen LogP contribution in [0.5, 0.6) is 0 Å². The predicted octanol–water partition coefficient (Wildman–Crippen LogP) is 4.55. The third-order valence-electron chi connectivity index (χ3n) is 4.14. The maximum atomic E-state index is 12.5. The van der Waals surface area contributed by atoms with E-state index in [4.69, 9.17) is 17.0 Å². The van der Waals surface area contributed by atoms with Crippen molar-refractivity contribution in [2.45, 2.75) is 19.8 Å². The fourth-order valence-corrected chi connectivity index (χ4v) is 3.96. The largest absolute Gasteiger partial charge is 0.317 e. The molecule has 6 nitrogen and oxygen atoms in total. The molecule has 0 saturated carbocycles. The topological polar surface area (TPSA) is 73.8 Å². The molecule has 1 amide bonds. The molecule has 0 bridgehead atoms. The molecule has 0 fully saturated rings. The van der Waals surface area contributed by atoms with Crippen molar-refractivity contribution in [1.29, 1.82) is 5.41 Å². The standard InChI is InChI=1S/C19H16ClN5OS/c1-2-4-16-23-25-17(21)15(18(26)22-19(25)27-16)11-14-5-3-10-24(14)13-8-6-12(20)7-9-13/h3,5-11,21H,2,4H2,1H3/b15-11-,21-17?. The first-order valence-corrected chi connectivity index (χ1v) is 9.68. The molecular formula is C19H16ClN5OS. The van der Waals surface area contributed by atoms with Crippen LogP contribution in [0.4, 0.5) is 0 Å². The number of fused-ring (bicyclic) bond motifs is 1. The molecule has 8 heteroatoms. The summed E-state index contributed by atoms with van der Waals surface area (Å²) in [5.74, 6) is -0.372. The smallest absolute Gasteiger partial charge is 0.283 e. The number of nitrogens with one attached hydrogen (secondary N) is 1. The first-order chi connectivity index (χ1) is 13.1. The maximum Gasteiger partial charge on any atom is 0.283 e. The Balaban J connectivity index is 1.70. The number of hydrogen-bond acceptors (Lipinski definition) is 4. The van der Waals surface area contributed by atoms with E-state index in [1.165, 1.54) is 16.8 Å². The van der Waals surface area contributed by atoms with Gasteiger partial charge >= 0.3 is 0 Å². The zero-order valence-electron chi connectivity index (χ0n) is 14.5. The van der Waals surface area contributed by atoms with Crippen molar-refractivity contribution < 1.29 is 4.79 Å². The molecule has 0 aliphatic carbocycles.